The maximum Gasteiger partial charge on any atom is 0.198 e. The summed E-state index contributed by atoms with van der Waals surface area (Å²) in [7, 11) is 3.83. The molecule has 0 aliphatic carbocycles. The molecule has 0 fully saturated rings. The average Bonchev–Trinajstić information content (AvgIpc) is 2.73. The van der Waals surface area contributed by atoms with Crippen molar-refractivity contribution in [2.45, 2.75) is 26.7 Å². The Morgan fingerprint density at radius 1 is 1.28 bits per heavy atom. The third-order valence-electron chi connectivity index (χ3n) is 2.97. The van der Waals surface area contributed by atoms with Crippen molar-refractivity contribution in [1.82, 2.24) is 19.5 Å². The summed E-state index contributed by atoms with van der Waals surface area (Å²) in [6.45, 7) is 6.31. The Hall–Kier alpha value is -1.91. The highest BCUT2D eigenvalue weighted by Crippen LogP contribution is 2.27. The number of hydrogen-bond acceptors (Lipinski definition) is 4. The summed E-state index contributed by atoms with van der Waals surface area (Å²) in [4.78, 5) is 13.4. The Bertz CT molecular complexity index is 557. The number of hydrogen-bond donors (Lipinski definition) is 1. The van der Waals surface area contributed by atoms with Gasteiger partial charge in [-0.15, -0.1) is 0 Å². The van der Waals surface area contributed by atoms with Crippen molar-refractivity contribution in [3.8, 4) is 11.6 Å². The van der Waals surface area contributed by atoms with Gasteiger partial charge in [0.05, 0.1) is 0 Å². The maximum absolute atomic E-state index is 4.57. The maximum atomic E-state index is 4.57. The average molecular weight is 245 g/mol. The summed E-state index contributed by atoms with van der Waals surface area (Å²) in [6.07, 6.45) is 3.65. The van der Waals surface area contributed by atoms with E-state index < -0.39 is 0 Å². The van der Waals surface area contributed by atoms with Crippen LogP contribution in [0.3, 0.4) is 0 Å². The molecular weight excluding hydrogens is 226 g/mol. The standard InChI is InChI=1S/C13H19N5/c1-8(2)10-9(3)16-12(17-11(10)14-4)13-15-6-7-18(13)5/h6-8H,1-5H3,(H,14,16,17). The predicted octanol–water partition coefficient (Wildman–Crippen LogP) is 2.35. The molecule has 0 aliphatic rings. The van der Waals surface area contributed by atoms with Gasteiger partial charge in [0, 0.05) is 37.7 Å². The Labute approximate surface area is 107 Å². The van der Waals surface area contributed by atoms with Crippen LogP contribution in [0.15, 0.2) is 12.4 Å². The number of nitrogens with one attached hydrogen (secondary N) is 1. The number of aryl methyl sites for hydroxylation is 2. The van der Waals surface area contributed by atoms with E-state index in [0.717, 1.165) is 22.9 Å². The van der Waals surface area contributed by atoms with Crippen LogP contribution in [-0.2, 0) is 7.05 Å². The fourth-order valence-electron chi connectivity index (χ4n) is 2.14. The molecule has 2 heterocycles. The fourth-order valence-corrected chi connectivity index (χ4v) is 2.14. The van der Waals surface area contributed by atoms with Gasteiger partial charge in [-0.3, -0.25) is 0 Å². The molecule has 0 unspecified atom stereocenters. The van der Waals surface area contributed by atoms with Crippen molar-refractivity contribution in [3.63, 3.8) is 0 Å². The van der Waals surface area contributed by atoms with Gasteiger partial charge in [0.1, 0.15) is 5.82 Å². The zero-order valence-corrected chi connectivity index (χ0v) is 11.5. The molecule has 2 aromatic heterocycles. The molecule has 2 rings (SSSR count). The minimum Gasteiger partial charge on any atom is -0.373 e. The summed E-state index contributed by atoms with van der Waals surface area (Å²) in [5.74, 6) is 2.72. The molecule has 2 aromatic rings. The molecule has 0 saturated heterocycles. The molecule has 5 heteroatoms. The molecule has 96 valence electrons. The van der Waals surface area contributed by atoms with E-state index in [1.165, 1.54) is 0 Å². The minimum atomic E-state index is 0.392. The van der Waals surface area contributed by atoms with Gasteiger partial charge in [0.2, 0.25) is 0 Å². The molecule has 0 spiro atoms. The fraction of sp³-hybridized carbons (Fsp3) is 0.462. The number of rotatable bonds is 3. The molecular formula is C13H19N5. The molecule has 0 bridgehead atoms. The molecule has 0 radical (unpaired) electrons. The van der Waals surface area contributed by atoms with Gasteiger partial charge >= 0.3 is 0 Å². The van der Waals surface area contributed by atoms with E-state index in [-0.39, 0.29) is 0 Å². The van der Waals surface area contributed by atoms with Crippen molar-refractivity contribution in [3.05, 3.63) is 23.7 Å². The Balaban J connectivity index is 2.60. The number of anilines is 1. The first-order valence-corrected chi connectivity index (χ1v) is 6.08. The van der Waals surface area contributed by atoms with Crippen molar-refractivity contribution in [2.24, 2.45) is 7.05 Å². The first-order chi connectivity index (χ1) is 8.54. The highest BCUT2D eigenvalue weighted by molar-refractivity contribution is 5.55. The Kier molecular flexibility index (Phi) is 3.32. The van der Waals surface area contributed by atoms with Gasteiger partial charge in [0.25, 0.3) is 0 Å². The lowest BCUT2D eigenvalue weighted by molar-refractivity contribution is 0.827. The van der Waals surface area contributed by atoms with Crippen LogP contribution < -0.4 is 5.32 Å². The van der Waals surface area contributed by atoms with E-state index in [1.807, 2.05) is 31.8 Å². The topological polar surface area (TPSA) is 55.6 Å². The molecule has 18 heavy (non-hydrogen) atoms. The van der Waals surface area contributed by atoms with Crippen molar-refractivity contribution in [1.29, 1.82) is 0 Å². The van der Waals surface area contributed by atoms with Gasteiger partial charge in [-0.2, -0.15) is 0 Å². The Morgan fingerprint density at radius 2 is 2.00 bits per heavy atom. The van der Waals surface area contributed by atoms with Crippen LogP contribution in [0.2, 0.25) is 0 Å². The molecule has 0 atom stereocenters. The summed E-state index contributed by atoms with van der Waals surface area (Å²) in [6, 6.07) is 0. The van der Waals surface area contributed by atoms with E-state index in [9.17, 15) is 0 Å². The monoisotopic (exact) mass is 245 g/mol. The molecule has 0 aromatic carbocycles. The largest absolute Gasteiger partial charge is 0.373 e. The van der Waals surface area contributed by atoms with Gasteiger partial charge < -0.3 is 9.88 Å². The summed E-state index contributed by atoms with van der Waals surface area (Å²) < 4.78 is 1.92. The molecule has 5 nitrogen and oxygen atoms in total. The smallest absolute Gasteiger partial charge is 0.198 e. The van der Waals surface area contributed by atoms with Crippen LogP contribution in [0, 0.1) is 6.92 Å². The highest BCUT2D eigenvalue weighted by atomic mass is 15.1. The lowest BCUT2D eigenvalue weighted by Crippen LogP contribution is -2.08. The molecule has 0 aliphatic heterocycles. The molecule has 1 N–H and O–H groups in total. The zero-order valence-electron chi connectivity index (χ0n) is 11.5. The zero-order chi connectivity index (χ0) is 13.3. The van der Waals surface area contributed by atoms with E-state index in [1.54, 1.807) is 6.20 Å². The number of imidazole rings is 1. The Morgan fingerprint density at radius 3 is 2.50 bits per heavy atom. The van der Waals surface area contributed by atoms with E-state index in [0.29, 0.717) is 11.7 Å². The quantitative estimate of drug-likeness (QED) is 0.901. The van der Waals surface area contributed by atoms with Gasteiger partial charge in [-0.1, -0.05) is 13.8 Å². The highest BCUT2D eigenvalue weighted by Gasteiger charge is 2.16. The van der Waals surface area contributed by atoms with Crippen LogP contribution in [0.4, 0.5) is 5.82 Å². The lowest BCUT2D eigenvalue weighted by atomic mass is 10.0. The SMILES string of the molecule is CNc1nc(-c2nccn2C)nc(C)c1C(C)C. The normalized spacial score (nSPS) is 11.0. The van der Waals surface area contributed by atoms with Crippen LogP contribution in [0.1, 0.15) is 31.0 Å². The van der Waals surface area contributed by atoms with Crippen molar-refractivity contribution >= 4 is 5.82 Å². The van der Waals surface area contributed by atoms with Crippen LogP contribution in [-0.4, -0.2) is 26.6 Å². The second kappa shape index (κ2) is 4.76. The van der Waals surface area contributed by atoms with E-state index in [2.05, 4.69) is 34.1 Å². The summed E-state index contributed by atoms with van der Waals surface area (Å²) in [5.41, 5.74) is 2.16. The number of nitrogens with zero attached hydrogens (tertiary/aromatic N) is 4. The van der Waals surface area contributed by atoms with E-state index in [4.69, 9.17) is 0 Å². The first kappa shape index (κ1) is 12.5. The first-order valence-electron chi connectivity index (χ1n) is 6.08. The van der Waals surface area contributed by atoms with Crippen LogP contribution >= 0.6 is 0 Å². The molecule has 0 amide bonds. The second-order valence-corrected chi connectivity index (χ2v) is 4.66. The minimum absolute atomic E-state index is 0.392. The lowest BCUT2D eigenvalue weighted by Gasteiger charge is -2.15. The van der Waals surface area contributed by atoms with Crippen LogP contribution in [0.5, 0.6) is 0 Å². The summed E-state index contributed by atoms with van der Waals surface area (Å²) >= 11 is 0. The second-order valence-electron chi connectivity index (χ2n) is 4.66. The van der Waals surface area contributed by atoms with Gasteiger partial charge in [-0.25, -0.2) is 15.0 Å². The predicted molar refractivity (Wildman–Crippen MR) is 72.6 cm³/mol. The van der Waals surface area contributed by atoms with Crippen molar-refractivity contribution in [2.75, 3.05) is 12.4 Å². The van der Waals surface area contributed by atoms with Gasteiger partial charge in [-0.05, 0) is 12.8 Å². The number of aromatic nitrogens is 4. The molecule has 0 saturated carbocycles. The third-order valence-corrected chi connectivity index (χ3v) is 2.97. The van der Waals surface area contributed by atoms with Crippen LogP contribution in [0.25, 0.3) is 11.6 Å². The van der Waals surface area contributed by atoms with Crippen molar-refractivity contribution < 1.29 is 0 Å². The van der Waals surface area contributed by atoms with E-state index >= 15 is 0 Å². The third kappa shape index (κ3) is 2.08. The summed E-state index contributed by atoms with van der Waals surface area (Å²) in [5, 5.41) is 3.15. The van der Waals surface area contributed by atoms with Gasteiger partial charge in [0.15, 0.2) is 11.6 Å².